The first-order valence-electron chi connectivity index (χ1n) is 15.6. The summed E-state index contributed by atoms with van der Waals surface area (Å²) < 4.78 is 0. The van der Waals surface area contributed by atoms with Crippen molar-refractivity contribution in [3.8, 4) is 0 Å². The van der Waals surface area contributed by atoms with Crippen molar-refractivity contribution in [3.05, 3.63) is 108 Å². The van der Waals surface area contributed by atoms with Gasteiger partial charge in [0, 0.05) is 50.5 Å². The molecular weight excluding hydrogens is 664 g/mol. The molecule has 2 heterocycles. The number of aliphatic hydroxyl groups excluding tert-OH is 2. The smallest absolute Gasteiger partial charge is 0.309 e. The molecule has 0 spiro atoms. The van der Waals surface area contributed by atoms with Gasteiger partial charge in [-0.05, 0) is 16.7 Å². The van der Waals surface area contributed by atoms with Gasteiger partial charge in [-0.1, -0.05) is 91.0 Å². The molecule has 6 amide bonds. The van der Waals surface area contributed by atoms with Gasteiger partial charge in [0.25, 0.3) is 0 Å². The molecule has 2 fully saturated rings. The average molecular weight is 709 g/mol. The second-order valence-corrected chi connectivity index (χ2v) is 11.1. The molecular formula is C36H44N4O11. The number of nitrogens with two attached hydrogens (primary N) is 2. The zero-order chi connectivity index (χ0) is 38.3. The number of primary amides is 2. The monoisotopic (exact) mass is 708 g/mol. The molecule has 51 heavy (non-hydrogen) atoms. The number of urea groups is 1. The molecule has 274 valence electrons. The number of hydrogen-bond donors (Lipinski definition) is 7. The van der Waals surface area contributed by atoms with Crippen molar-refractivity contribution in [2.24, 2.45) is 11.5 Å². The quantitative estimate of drug-likeness (QED) is 0.167. The van der Waals surface area contributed by atoms with Crippen molar-refractivity contribution >= 4 is 41.6 Å². The molecule has 2 aliphatic rings. The van der Waals surface area contributed by atoms with Gasteiger partial charge in [0.2, 0.25) is 23.6 Å². The molecule has 15 heteroatoms. The highest BCUT2D eigenvalue weighted by Gasteiger charge is 2.32. The molecule has 0 aliphatic carbocycles. The van der Waals surface area contributed by atoms with E-state index in [-0.39, 0.29) is 61.1 Å². The fourth-order valence-corrected chi connectivity index (χ4v) is 5.16. The van der Waals surface area contributed by atoms with E-state index >= 15 is 0 Å². The minimum absolute atomic E-state index is 0.0519. The highest BCUT2D eigenvalue weighted by Crippen LogP contribution is 2.29. The lowest BCUT2D eigenvalue weighted by atomic mass is 9.89. The van der Waals surface area contributed by atoms with E-state index in [2.05, 4.69) is 16.8 Å². The van der Waals surface area contributed by atoms with Gasteiger partial charge in [-0.3, -0.25) is 39.0 Å². The number of carbonyl (C=O) groups is 7. The third kappa shape index (κ3) is 16.8. The van der Waals surface area contributed by atoms with Gasteiger partial charge in [0.1, 0.15) is 6.73 Å². The number of amides is 6. The normalized spacial score (nSPS) is 14.2. The number of aliphatic carboxylic acids is 2. The van der Waals surface area contributed by atoms with Crippen molar-refractivity contribution in [3.63, 3.8) is 0 Å². The van der Waals surface area contributed by atoms with Crippen molar-refractivity contribution in [2.75, 3.05) is 13.8 Å². The maximum Gasteiger partial charge on any atom is 0.309 e. The molecule has 5 rings (SSSR count). The summed E-state index contributed by atoms with van der Waals surface area (Å²) >= 11 is 0. The number of hydrogen-bond acceptors (Lipinski definition) is 9. The van der Waals surface area contributed by atoms with Crippen LogP contribution in [-0.2, 0) is 28.8 Å². The summed E-state index contributed by atoms with van der Waals surface area (Å²) in [4.78, 5) is 76.4. The number of rotatable bonds is 8. The number of carbonyl (C=O) groups excluding carboxylic acids is 5. The van der Waals surface area contributed by atoms with Gasteiger partial charge >= 0.3 is 18.0 Å². The SMILES string of the molecule is CO.NC(N)=O.O=C(O)CC(CC(=O)O)c1ccccc1.O=C1CC(c2ccccc2)CC(=O)N1.O=C1CC(c2ccccc2)CC(=O)N1CO. The molecule has 0 radical (unpaired) electrons. The van der Waals surface area contributed by atoms with Gasteiger partial charge in [0.15, 0.2) is 0 Å². The summed E-state index contributed by atoms with van der Waals surface area (Å²) in [6, 6.07) is 27.2. The fourth-order valence-electron chi connectivity index (χ4n) is 5.16. The van der Waals surface area contributed by atoms with Crippen molar-refractivity contribution in [1.29, 1.82) is 0 Å². The predicted octanol–water partition coefficient (Wildman–Crippen LogP) is 2.43. The number of carboxylic acids is 2. The Morgan fingerprint density at radius 1 is 0.667 bits per heavy atom. The van der Waals surface area contributed by atoms with Crippen LogP contribution < -0.4 is 16.8 Å². The van der Waals surface area contributed by atoms with Crippen LogP contribution in [0.1, 0.15) is 73.0 Å². The molecule has 0 aromatic heterocycles. The van der Waals surface area contributed by atoms with E-state index < -0.39 is 30.6 Å². The number of benzene rings is 3. The van der Waals surface area contributed by atoms with Crippen LogP contribution in [0, 0.1) is 0 Å². The van der Waals surface area contributed by atoms with Gasteiger partial charge in [-0.2, -0.15) is 0 Å². The second kappa shape index (κ2) is 23.4. The van der Waals surface area contributed by atoms with E-state index in [4.69, 9.17) is 25.2 Å². The summed E-state index contributed by atoms with van der Waals surface area (Å²) in [5, 5.41) is 35.5. The number of nitrogens with zero attached hydrogens (tertiary/aromatic N) is 1. The van der Waals surface area contributed by atoms with Gasteiger partial charge < -0.3 is 31.9 Å². The summed E-state index contributed by atoms with van der Waals surface area (Å²) in [6.45, 7) is -0.515. The van der Waals surface area contributed by atoms with Gasteiger partial charge in [-0.15, -0.1) is 0 Å². The summed E-state index contributed by atoms with van der Waals surface area (Å²) in [5.41, 5.74) is 11.3. The minimum atomic E-state index is -0.981. The highest BCUT2D eigenvalue weighted by atomic mass is 16.4. The maximum atomic E-state index is 11.6. The molecule has 0 atom stereocenters. The first kappa shape index (κ1) is 43.1. The van der Waals surface area contributed by atoms with Crippen LogP contribution in [0.25, 0.3) is 0 Å². The van der Waals surface area contributed by atoms with Gasteiger partial charge in [-0.25, -0.2) is 4.79 Å². The molecule has 15 nitrogen and oxygen atoms in total. The Morgan fingerprint density at radius 3 is 1.33 bits per heavy atom. The Balaban J connectivity index is 0.000000355. The Bertz CT molecular complexity index is 1520. The van der Waals surface area contributed by atoms with Crippen molar-refractivity contribution in [1.82, 2.24) is 10.2 Å². The Hall–Kier alpha value is -5.93. The maximum absolute atomic E-state index is 11.6. The van der Waals surface area contributed by atoms with Crippen LogP contribution in [0.2, 0.25) is 0 Å². The number of likely N-dealkylation sites (tertiary alicyclic amines) is 1. The predicted molar refractivity (Wildman–Crippen MR) is 185 cm³/mol. The minimum Gasteiger partial charge on any atom is -0.481 e. The lowest BCUT2D eigenvalue weighted by molar-refractivity contribution is -0.153. The number of carboxylic acid groups (broad SMARTS) is 2. The van der Waals surface area contributed by atoms with E-state index in [1.54, 1.807) is 24.3 Å². The zero-order valence-corrected chi connectivity index (χ0v) is 28.1. The fraction of sp³-hybridized carbons (Fsp3) is 0.306. The van der Waals surface area contributed by atoms with E-state index in [9.17, 15) is 28.8 Å². The zero-order valence-electron chi connectivity index (χ0n) is 28.1. The Kier molecular flexibility index (Phi) is 19.8. The highest BCUT2D eigenvalue weighted by molar-refractivity contribution is 5.99. The van der Waals surface area contributed by atoms with E-state index in [1.165, 1.54) is 0 Å². The molecule has 0 bridgehead atoms. The van der Waals surface area contributed by atoms with E-state index in [0.29, 0.717) is 12.8 Å². The van der Waals surface area contributed by atoms with Crippen molar-refractivity contribution in [2.45, 2.75) is 56.3 Å². The first-order valence-corrected chi connectivity index (χ1v) is 15.6. The second-order valence-electron chi connectivity index (χ2n) is 11.1. The van der Waals surface area contributed by atoms with Crippen LogP contribution in [0.3, 0.4) is 0 Å². The average Bonchev–Trinajstić information content (AvgIpc) is 3.09. The molecule has 3 aromatic carbocycles. The number of nitrogens with one attached hydrogen (secondary N) is 1. The van der Waals surface area contributed by atoms with Crippen LogP contribution in [0.5, 0.6) is 0 Å². The lowest BCUT2D eigenvalue weighted by Gasteiger charge is -2.28. The van der Waals surface area contributed by atoms with Crippen LogP contribution in [0.4, 0.5) is 4.79 Å². The third-order valence-corrected chi connectivity index (χ3v) is 7.38. The molecule has 0 unspecified atom stereocenters. The molecule has 0 saturated carbocycles. The summed E-state index contributed by atoms with van der Waals surface area (Å²) in [5.74, 6) is -3.36. The number of piperidine rings is 2. The Morgan fingerprint density at radius 2 is 1.00 bits per heavy atom. The lowest BCUT2D eigenvalue weighted by Crippen LogP contribution is -2.43. The van der Waals surface area contributed by atoms with Gasteiger partial charge in [0.05, 0.1) is 12.8 Å². The first-order chi connectivity index (χ1) is 24.3. The molecule has 2 aliphatic heterocycles. The molecule has 2 saturated heterocycles. The van der Waals surface area contributed by atoms with Crippen LogP contribution >= 0.6 is 0 Å². The molecule has 3 aromatic rings. The summed E-state index contributed by atoms with van der Waals surface area (Å²) in [7, 11) is 1.00. The topological polar surface area (TPSA) is 268 Å². The standard InChI is InChI=1S/C12H13NO3.C11H11NO2.C11H12O4.CH4N2O.CH4O/c14-8-13-11(15)6-10(7-12(13)16)9-4-2-1-3-5-9;13-10-6-9(7-11(14)12-10)8-4-2-1-3-5-8;12-10(13)6-9(7-11(14)15)8-4-2-1-3-5-8;2-1(3)4;1-2/h1-5,10,14H,6-8H2;1-5,9H,6-7H2,(H,12,13,14);1-5,9H,6-7H2,(H,12,13)(H,14,15);(H4,2,3,4);2H,1H3. The number of aliphatic hydroxyl groups is 2. The Labute approximate surface area is 294 Å². The summed E-state index contributed by atoms with van der Waals surface area (Å²) in [6.07, 6.45) is 1.09. The van der Waals surface area contributed by atoms with Crippen LogP contribution in [-0.4, -0.2) is 80.8 Å². The van der Waals surface area contributed by atoms with Crippen molar-refractivity contribution < 1.29 is 54.0 Å². The largest absolute Gasteiger partial charge is 0.481 e. The number of imide groups is 2. The third-order valence-electron chi connectivity index (χ3n) is 7.38. The van der Waals surface area contributed by atoms with Crippen LogP contribution in [0.15, 0.2) is 91.0 Å². The van der Waals surface area contributed by atoms with E-state index in [1.807, 2.05) is 66.7 Å². The van der Waals surface area contributed by atoms with E-state index in [0.717, 1.165) is 28.7 Å². The molecule has 9 N–H and O–H groups in total.